The molecule has 0 atom stereocenters. The number of piperazine rings is 1. The van der Waals surface area contributed by atoms with Gasteiger partial charge in [0.15, 0.2) is 0 Å². The first-order valence-electron chi connectivity index (χ1n) is 5.47. The van der Waals surface area contributed by atoms with Gasteiger partial charge in [-0.3, -0.25) is 0 Å². The maximum absolute atomic E-state index is 12.2. The van der Waals surface area contributed by atoms with Crippen LogP contribution in [0.2, 0.25) is 0 Å². The van der Waals surface area contributed by atoms with E-state index in [4.69, 9.17) is 0 Å². The normalized spacial score (nSPS) is 19.8. The van der Waals surface area contributed by atoms with Crippen LogP contribution in [0.25, 0.3) is 0 Å². The first-order valence-corrected chi connectivity index (χ1v) is 6.91. The third-order valence-electron chi connectivity index (χ3n) is 2.96. The fourth-order valence-electron chi connectivity index (χ4n) is 1.85. The molecule has 0 aliphatic carbocycles. The van der Waals surface area contributed by atoms with E-state index < -0.39 is 10.0 Å². The molecule has 2 rings (SSSR count). The zero-order valence-corrected chi connectivity index (χ0v) is 10.2. The summed E-state index contributed by atoms with van der Waals surface area (Å²) in [6, 6.07) is 8.65. The van der Waals surface area contributed by atoms with E-state index >= 15 is 0 Å². The first kappa shape index (κ1) is 11.6. The molecule has 0 amide bonds. The van der Waals surface area contributed by atoms with E-state index in [0.717, 1.165) is 13.1 Å². The lowest BCUT2D eigenvalue weighted by molar-refractivity contribution is -0.883. The third-order valence-corrected chi connectivity index (χ3v) is 4.87. The molecule has 1 aromatic rings. The summed E-state index contributed by atoms with van der Waals surface area (Å²) in [6.45, 7) is 2.99. The molecule has 1 fully saturated rings. The summed E-state index contributed by atoms with van der Waals surface area (Å²) >= 11 is 0. The molecular formula is C11H17N2O2S+. The molecule has 1 saturated heterocycles. The molecule has 5 heteroatoms. The molecule has 1 N–H and O–H groups in total. The molecule has 1 aliphatic heterocycles. The molecule has 0 spiro atoms. The van der Waals surface area contributed by atoms with Crippen molar-refractivity contribution in [2.45, 2.75) is 4.90 Å². The third kappa shape index (κ3) is 2.26. The smallest absolute Gasteiger partial charge is 0.243 e. The molecular weight excluding hydrogens is 224 g/mol. The highest BCUT2D eigenvalue weighted by molar-refractivity contribution is 7.89. The van der Waals surface area contributed by atoms with Crippen molar-refractivity contribution in [3.63, 3.8) is 0 Å². The zero-order chi connectivity index (χ0) is 11.6. The van der Waals surface area contributed by atoms with Crippen molar-refractivity contribution >= 4 is 10.0 Å². The van der Waals surface area contributed by atoms with Gasteiger partial charge in [0.25, 0.3) is 0 Å². The Labute approximate surface area is 96.5 Å². The highest BCUT2D eigenvalue weighted by Gasteiger charge is 2.28. The predicted molar refractivity (Wildman–Crippen MR) is 61.8 cm³/mol. The van der Waals surface area contributed by atoms with E-state index in [9.17, 15) is 8.42 Å². The van der Waals surface area contributed by atoms with Crippen LogP contribution in [0, 0.1) is 0 Å². The number of hydrogen-bond donors (Lipinski definition) is 1. The molecule has 1 heterocycles. The van der Waals surface area contributed by atoms with E-state index in [1.165, 1.54) is 4.90 Å². The summed E-state index contributed by atoms with van der Waals surface area (Å²) in [6.07, 6.45) is 0. The largest absolute Gasteiger partial charge is 0.335 e. The molecule has 88 valence electrons. The second-order valence-corrected chi connectivity index (χ2v) is 6.11. The Kier molecular flexibility index (Phi) is 3.28. The van der Waals surface area contributed by atoms with Gasteiger partial charge in [-0.2, -0.15) is 4.31 Å². The van der Waals surface area contributed by atoms with Crippen molar-refractivity contribution in [2.75, 3.05) is 33.2 Å². The van der Waals surface area contributed by atoms with Gasteiger partial charge in [-0.05, 0) is 12.1 Å². The van der Waals surface area contributed by atoms with Crippen LogP contribution in [0.3, 0.4) is 0 Å². The second kappa shape index (κ2) is 4.53. The van der Waals surface area contributed by atoms with E-state index in [1.807, 2.05) is 6.07 Å². The van der Waals surface area contributed by atoms with Crippen molar-refractivity contribution in [1.29, 1.82) is 0 Å². The van der Waals surface area contributed by atoms with E-state index in [0.29, 0.717) is 18.0 Å². The van der Waals surface area contributed by atoms with Crippen LogP contribution < -0.4 is 4.90 Å². The van der Waals surface area contributed by atoms with Crippen molar-refractivity contribution in [3.05, 3.63) is 30.3 Å². The van der Waals surface area contributed by atoms with E-state index in [2.05, 4.69) is 7.05 Å². The van der Waals surface area contributed by atoms with Crippen LogP contribution in [0.5, 0.6) is 0 Å². The summed E-state index contributed by atoms with van der Waals surface area (Å²) < 4.78 is 26.0. The monoisotopic (exact) mass is 241 g/mol. The number of nitrogens with zero attached hydrogens (tertiary/aromatic N) is 1. The Balaban J connectivity index is 2.20. The maximum Gasteiger partial charge on any atom is 0.243 e. The van der Waals surface area contributed by atoms with Crippen molar-refractivity contribution in [2.24, 2.45) is 0 Å². The van der Waals surface area contributed by atoms with Crippen molar-refractivity contribution in [3.8, 4) is 0 Å². The lowest BCUT2D eigenvalue weighted by atomic mass is 10.4. The average molecular weight is 241 g/mol. The first-order chi connectivity index (χ1) is 7.60. The summed E-state index contributed by atoms with van der Waals surface area (Å²) in [5.41, 5.74) is 0. The van der Waals surface area contributed by atoms with Crippen LogP contribution in [0.15, 0.2) is 35.2 Å². The molecule has 4 nitrogen and oxygen atoms in total. The van der Waals surface area contributed by atoms with Crippen LogP contribution in [-0.4, -0.2) is 45.9 Å². The van der Waals surface area contributed by atoms with E-state index in [-0.39, 0.29) is 0 Å². The average Bonchev–Trinajstić information content (AvgIpc) is 2.31. The summed E-state index contributed by atoms with van der Waals surface area (Å²) in [5.74, 6) is 0. The molecule has 1 aliphatic rings. The number of hydrogen-bond acceptors (Lipinski definition) is 2. The Morgan fingerprint density at radius 1 is 1.12 bits per heavy atom. The Hall–Kier alpha value is -0.910. The van der Waals surface area contributed by atoms with Crippen LogP contribution in [0.4, 0.5) is 0 Å². The SMILES string of the molecule is C[NH+]1CCN(S(=O)(=O)c2ccccc2)CC1. The number of sulfonamides is 1. The van der Waals surface area contributed by atoms with Gasteiger partial charge in [-0.15, -0.1) is 0 Å². The van der Waals surface area contributed by atoms with Gasteiger partial charge in [0.2, 0.25) is 10.0 Å². The Bertz CT molecular complexity index is 436. The lowest BCUT2D eigenvalue weighted by Gasteiger charge is -2.29. The standard InChI is InChI=1S/C11H16N2O2S/c1-12-7-9-13(10-8-12)16(14,15)11-5-3-2-4-6-11/h2-6H,7-10H2,1H3/p+1. The number of quaternary nitrogens is 1. The number of benzene rings is 1. The van der Waals surface area contributed by atoms with Gasteiger partial charge in [0.1, 0.15) is 0 Å². The van der Waals surface area contributed by atoms with Gasteiger partial charge in [0.05, 0.1) is 38.1 Å². The predicted octanol–water partition coefficient (Wildman–Crippen LogP) is -0.794. The fraction of sp³-hybridized carbons (Fsp3) is 0.455. The quantitative estimate of drug-likeness (QED) is 0.737. The van der Waals surface area contributed by atoms with Gasteiger partial charge in [-0.1, -0.05) is 18.2 Å². The Morgan fingerprint density at radius 3 is 2.25 bits per heavy atom. The van der Waals surface area contributed by atoms with Crippen LogP contribution in [0.1, 0.15) is 0 Å². The lowest BCUT2D eigenvalue weighted by Crippen LogP contribution is -3.12. The molecule has 0 aromatic heterocycles. The number of likely N-dealkylation sites (N-methyl/N-ethyl adjacent to an activating group) is 1. The molecule has 0 bridgehead atoms. The topological polar surface area (TPSA) is 41.8 Å². The minimum Gasteiger partial charge on any atom is -0.335 e. The summed E-state index contributed by atoms with van der Waals surface area (Å²) in [7, 11) is -1.18. The molecule has 0 radical (unpaired) electrons. The molecule has 1 aromatic carbocycles. The summed E-state index contributed by atoms with van der Waals surface area (Å²) in [5, 5.41) is 0. The summed E-state index contributed by atoms with van der Waals surface area (Å²) in [4.78, 5) is 1.79. The van der Waals surface area contributed by atoms with Crippen LogP contribution >= 0.6 is 0 Å². The fourth-order valence-corrected chi connectivity index (χ4v) is 3.31. The maximum atomic E-state index is 12.2. The highest BCUT2D eigenvalue weighted by atomic mass is 32.2. The minimum absolute atomic E-state index is 0.398. The number of nitrogens with one attached hydrogen (secondary N) is 1. The van der Waals surface area contributed by atoms with Gasteiger partial charge < -0.3 is 4.90 Å². The van der Waals surface area contributed by atoms with Crippen molar-refractivity contribution in [1.82, 2.24) is 4.31 Å². The van der Waals surface area contributed by atoms with Crippen LogP contribution in [-0.2, 0) is 10.0 Å². The van der Waals surface area contributed by atoms with Crippen molar-refractivity contribution < 1.29 is 13.3 Å². The van der Waals surface area contributed by atoms with E-state index in [1.54, 1.807) is 28.6 Å². The minimum atomic E-state index is -3.27. The van der Waals surface area contributed by atoms with Gasteiger partial charge in [0, 0.05) is 0 Å². The van der Waals surface area contributed by atoms with Gasteiger partial charge in [-0.25, -0.2) is 8.42 Å². The molecule has 0 saturated carbocycles. The number of rotatable bonds is 2. The second-order valence-electron chi connectivity index (χ2n) is 4.17. The van der Waals surface area contributed by atoms with Gasteiger partial charge >= 0.3 is 0 Å². The highest BCUT2D eigenvalue weighted by Crippen LogP contribution is 2.14. The molecule has 0 unspecified atom stereocenters. The molecule has 16 heavy (non-hydrogen) atoms. The Morgan fingerprint density at radius 2 is 1.69 bits per heavy atom. The zero-order valence-electron chi connectivity index (χ0n) is 9.39.